The van der Waals surface area contributed by atoms with Crippen molar-refractivity contribution >= 4 is 5.91 Å². The van der Waals surface area contributed by atoms with E-state index in [-0.39, 0.29) is 13.0 Å². The van der Waals surface area contributed by atoms with Gasteiger partial charge >= 0.3 is 0 Å². The highest BCUT2D eigenvalue weighted by Gasteiger charge is 2.11. The molecule has 1 aromatic carbocycles. The molecule has 0 radical (unpaired) electrons. The Labute approximate surface area is 88.3 Å². The molecule has 4 nitrogen and oxygen atoms in total. The van der Waals surface area contributed by atoms with Crippen LogP contribution in [0.3, 0.4) is 0 Å². The summed E-state index contributed by atoms with van der Waals surface area (Å²) in [7, 11) is 0. The number of aliphatic hydroxyl groups excluding tert-OH is 2. The smallest absolute Gasteiger partial charge is 0.248 e. The predicted molar refractivity (Wildman–Crippen MR) is 56.5 cm³/mol. The average molecular weight is 209 g/mol. The van der Waals surface area contributed by atoms with Crippen molar-refractivity contribution in [2.24, 2.45) is 5.73 Å². The monoisotopic (exact) mass is 209 g/mol. The van der Waals surface area contributed by atoms with Gasteiger partial charge in [-0.2, -0.15) is 0 Å². The van der Waals surface area contributed by atoms with Gasteiger partial charge in [0.1, 0.15) is 0 Å². The SMILES string of the molecule is Cc1ccc(C(N)=O)c(CC(O)CO)c1. The van der Waals surface area contributed by atoms with E-state index in [0.29, 0.717) is 11.1 Å². The van der Waals surface area contributed by atoms with Crippen molar-refractivity contribution in [3.8, 4) is 0 Å². The standard InChI is InChI=1S/C11H15NO3/c1-7-2-3-10(11(12)15)8(4-7)5-9(14)6-13/h2-4,9,13-14H,5-6H2,1H3,(H2,12,15). The van der Waals surface area contributed by atoms with Crippen molar-refractivity contribution in [2.75, 3.05) is 6.61 Å². The van der Waals surface area contributed by atoms with E-state index in [1.807, 2.05) is 6.92 Å². The Morgan fingerprint density at radius 2 is 2.20 bits per heavy atom. The molecule has 0 aromatic heterocycles. The number of nitrogens with two attached hydrogens (primary N) is 1. The zero-order valence-corrected chi connectivity index (χ0v) is 8.60. The Morgan fingerprint density at radius 1 is 1.53 bits per heavy atom. The molecule has 0 aliphatic carbocycles. The Bertz CT molecular complexity index is 363. The number of carbonyl (C=O) groups excluding carboxylic acids is 1. The summed E-state index contributed by atoms with van der Waals surface area (Å²) in [5.74, 6) is -0.518. The van der Waals surface area contributed by atoms with Gasteiger partial charge in [0.25, 0.3) is 0 Å². The number of aliphatic hydroxyl groups is 2. The summed E-state index contributed by atoms with van der Waals surface area (Å²) in [6.07, 6.45) is -0.624. The summed E-state index contributed by atoms with van der Waals surface area (Å²) in [5, 5.41) is 18.0. The number of rotatable bonds is 4. The van der Waals surface area contributed by atoms with E-state index < -0.39 is 12.0 Å². The third-order valence-electron chi connectivity index (χ3n) is 2.19. The molecule has 0 aliphatic rings. The first-order valence-corrected chi connectivity index (χ1v) is 4.73. The van der Waals surface area contributed by atoms with Gasteiger partial charge in [0.2, 0.25) is 5.91 Å². The van der Waals surface area contributed by atoms with Gasteiger partial charge in [0.15, 0.2) is 0 Å². The van der Waals surface area contributed by atoms with Crippen LogP contribution >= 0.6 is 0 Å². The molecule has 0 bridgehead atoms. The van der Waals surface area contributed by atoms with E-state index in [2.05, 4.69) is 0 Å². The van der Waals surface area contributed by atoms with Crippen LogP contribution in [0.4, 0.5) is 0 Å². The van der Waals surface area contributed by atoms with Crippen molar-refractivity contribution < 1.29 is 15.0 Å². The molecular weight excluding hydrogens is 194 g/mol. The zero-order chi connectivity index (χ0) is 11.4. The maximum Gasteiger partial charge on any atom is 0.248 e. The van der Waals surface area contributed by atoms with Crippen molar-refractivity contribution in [2.45, 2.75) is 19.4 Å². The van der Waals surface area contributed by atoms with Gasteiger partial charge in [-0.05, 0) is 18.6 Å². The summed E-state index contributed by atoms with van der Waals surface area (Å²) >= 11 is 0. The van der Waals surface area contributed by atoms with Gasteiger partial charge in [-0.15, -0.1) is 0 Å². The molecule has 1 unspecified atom stereocenters. The Kier molecular flexibility index (Phi) is 3.82. The molecule has 4 N–H and O–H groups in total. The lowest BCUT2D eigenvalue weighted by atomic mass is 9.99. The lowest BCUT2D eigenvalue weighted by Gasteiger charge is -2.11. The van der Waals surface area contributed by atoms with E-state index in [4.69, 9.17) is 10.8 Å². The maximum absolute atomic E-state index is 11.1. The largest absolute Gasteiger partial charge is 0.394 e. The minimum Gasteiger partial charge on any atom is -0.394 e. The quantitative estimate of drug-likeness (QED) is 0.652. The van der Waals surface area contributed by atoms with Gasteiger partial charge in [-0.1, -0.05) is 17.7 Å². The number of aryl methyl sites for hydroxylation is 1. The molecule has 1 aromatic rings. The van der Waals surface area contributed by atoms with Crippen molar-refractivity contribution in [1.29, 1.82) is 0 Å². The minimum absolute atomic E-state index is 0.233. The molecule has 1 atom stereocenters. The first-order chi connectivity index (χ1) is 7.04. The Hall–Kier alpha value is -1.39. The van der Waals surface area contributed by atoms with Gasteiger partial charge in [0, 0.05) is 12.0 Å². The van der Waals surface area contributed by atoms with Crippen LogP contribution in [0.1, 0.15) is 21.5 Å². The molecule has 4 heteroatoms. The number of hydrogen-bond donors (Lipinski definition) is 3. The normalized spacial score (nSPS) is 12.5. The minimum atomic E-state index is -0.857. The number of amides is 1. The summed E-state index contributed by atoms with van der Waals surface area (Å²) in [6, 6.07) is 5.21. The van der Waals surface area contributed by atoms with Gasteiger partial charge in [-0.25, -0.2) is 0 Å². The molecule has 0 aliphatic heterocycles. The molecule has 0 saturated heterocycles. The fourth-order valence-corrected chi connectivity index (χ4v) is 1.45. The highest BCUT2D eigenvalue weighted by Crippen LogP contribution is 2.13. The third-order valence-corrected chi connectivity index (χ3v) is 2.19. The predicted octanol–water partition coefficient (Wildman–Crippen LogP) is -0.0104. The van der Waals surface area contributed by atoms with Crippen molar-refractivity contribution in [3.63, 3.8) is 0 Å². The van der Waals surface area contributed by atoms with Gasteiger partial charge in [-0.3, -0.25) is 4.79 Å². The fourth-order valence-electron chi connectivity index (χ4n) is 1.45. The Balaban J connectivity index is 3.02. The molecule has 15 heavy (non-hydrogen) atoms. The summed E-state index contributed by atoms with van der Waals surface area (Å²) in [6.45, 7) is 1.56. The second kappa shape index (κ2) is 4.91. The van der Waals surface area contributed by atoms with Crippen LogP contribution in [0, 0.1) is 6.92 Å². The molecule has 0 spiro atoms. The highest BCUT2D eigenvalue weighted by atomic mass is 16.3. The second-order valence-corrected chi connectivity index (χ2v) is 3.57. The van der Waals surface area contributed by atoms with E-state index in [0.717, 1.165) is 5.56 Å². The summed E-state index contributed by atoms with van der Waals surface area (Å²) in [5.41, 5.74) is 7.25. The van der Waals surface area contributed by atoms with E-state index in [1.54, 1.807) is 18.2 Å². The van der Waals surface area contributed by atoms with Crippen molar-refractivity contribution in [1.82, 2.24) is 0 Å². The van der Waals surface area contributed by atoms with E-state index in [9.17, 15) is 9.90 Å². The van der Waals surface area contributed by atoms with E-state index in [1.165, 1.54) is 0 Å². The van der Waals surface area contributed by atoms with E-state index >= 15 is 0 Å². The summed E-state index contributed by atoms with van der Waals surface area (Å²) in [4.78, 5) is 11.1. The zero-order valence-electron chi connectivity index (χ0n) is 8.60. The highest BCUT2D eigenvalue weighted by molar-refractivity contribution is 5.94. The molecule has 1 amide bonds. The molecule has 0 heterocycles. The van der Waals surface area contributed by atoms with Crippen LogP contribution in [-0.2, 0) is 6.42 Å². The molecule has 0 fully saturated rings. The first-order valence-electron chi connectivity index (χ1n) is 4.73. The molecular formula is C11H15NO3. The van der Waals surface area contributed by atoms with Gasteiger partial charge < -0.3 is 15.9 Å². The number of hydrogen-bond acceptors (Lipinski definition) is 3. The first kappa shape index (κ1) is 11.7. The summed E-state index contributed by atoms with van der Waals surface area (Å²) < 4.78 is 0. The van der Waals surface area contributed by atoms with Crippen LogP contribution < -0.4 is 5.73 Å². The fraction of sp³-hybridized carbons (Fsp3) is 0.364. The molecule has 82 valence electrons. The van der Waals surface area contributed by atoms with Crippen LogP contribution in [0.25, 0.3) is 0 Å². The van der Waals surface area contributed by atoms with Crippen LogP contribution in [0.5, 0.6) is 0 Å². The van der Waals surface area contributed by atoms with Crippen LogP contribution in [-0.4, -0.2) is 28.8 Å². The number of primary amides is 1. The van der Waals surface area contributed by atoms with Crippen LogP contribution in [0.2, 0.25) is 0 Å². The maximum atomic E-state index is 11.1. The molecule has 0 saturated carbocycles. The Morgan fingerprint density at radius 3 is 2.73 bits per heavy atom. The second-order valence-electron chi connectivity index (χ2n) is 3.57. The lowest BCUT2D eigenvalue weighted by Crippen LogP contribution is -2.20. The number of carbonyl (C=O) groups is 1. The lowest BCUT2D eigenvalue weighted by molar-refractivity contribution is 0.0940. The third kappa shape index (κ3) is 3.04. The number of benzene rings is 1. The van der Waals surface area contributed by atoms with Crippen LogP contribution in [0.15, 0.2) is 18.2 Å². The van der Waals surface area contributed by atoms with Gasteiger partial charge in [0.05, 0.1) is 12.7 Å². The average Bonchev–Trinajstić information content (AvgIpc) is 2.17. The molecule has 1 rings (SSSR count). The topological polar surface area (TPSA) is 83.6 Å². The van der Waals surface area contributed by atoms with Crippen molar-refractivity contribution in [3.05, 3.63) is 34.9 Å².